The van der Waals surface area contributed by atoms with Gasteiger partial charge < -0.3 is 24.1 Å². The van der Waals surface area contributed by atoms with E-state index in [0.717, 1.165) is 5.39 Å². The summed E-state index contributed by atoms with van der Waals surface area (Å²) in [5.74, 6) is -1.76. The molecule has 0 aliphatic carbocycles. The Hall–Kier alpha value is -4.33. The number of aromatic nitrogens is 2. The second-order valence-electron chi connectivity index (χ2n) is 7.89. The van der Waals surface area contributed by atoms with Crippen LogP contribution >= 0.6 is 0 Å². The number of fused-ring (bicyclic) bond motifs is 1. The van der Waals surface area contributed by atoms with Crippen molar-refractivity contribution in [1.29, 1.82) is 0 Å². The van der Waals surface area contributed by atoms with E-state index in [4.69, 9.17) is 4.42 Å². The number of hydrogen-bond acceptors (Lipinski definition) is 6. The van der Waals surface area contributed by atoms with E-state index in [2.05, 4.69) is 4.98 Å². The van der Waals surface area contributed by atoms with E-state index in [1.807, 2.05) is 22.9 Å². The normalized spacial score (nSPS) is 16.2. The van der Waals surface area contributed by atoms with Crippen LogP contribution in [0, 0.1) is 0 Å². The van der Waals surface area contributed by atoms with Crippen molar-refractivity contribution >= 4 is 22.7 Å². The fourth-order valence-corrected chi connectivity index (χ4v) is 4.23. The molecule has 1 atom stereocenters. The Labute approximate surface area is 189 Å². The van der Waals surface area contributed by atoms with Gasteiger partial charge in [-0.15, -0.1) is 0 Å². The van der Waals surface area contributed by atoms with Gasteiger partial charge in [0, 0.05) is 30.9 Å². The first kappa shape index (κ1) is 20.6. The summed E-state index contributed by atoms with van der Waals surface area (Å²) in [7, 11) is 0. The van der Waals surface area contributed by atoms with Gasteiger partial charge in [-0.3, -0.25) is 9.59 Å². The summed E-state index contributed by atoms with van der Waals surface area (Å²) in [6, 6.07) is 14.3. The molecule has 2 N–H and O–H groups in total. The number of aliphatic hydroxyl groups excluding tert-OH is 1. The molecule has 0 radical (unpaired) electrons. The average Bonchev–Trinajstić information content (AvgIpc) is 3.53. The number of phenols is 1. The van der Waals surface area contributed by atoms with Gasteiger partial charge in [0.05, 0.1) is 17.9 Å². The van der Waals surface area contributed by atoms with Crippen molar-refractivity contribution in [2.75, 3.05) is 6.54 Å². The number of imidazole rings is 1. The van der Waals surface area contributed by atoms with Crippen molar-refractivity contribution < 1.29 is 24.2 Å². The predicted molar refractivity (Wildman–Crippen MR) is 120 cm³/mol. The maximum Gasteiger partial charge on any atom is 0.290 e. The first-order valence-electron chi connectivity index (χ1n) is 10.5. The Kier molecular flexibility index (Phi) is 5.18. The summed E-state index contributed by atoms with van der Waals surface area (Å²) in [5.41, 5.74) is 0.998. The Morgan fingerprint density at radius 2 is 1.91 bits per heavy atom. The van der Waals surface area contributed by atoms with Crippen LogP contribution in [0.1, 0.15) is 28.6 Å². The third-order valence-corrected chi connectivity index (χ3v) is 5.76. The molecule has 1 amide bonds. The molecule has 8 heteroatoms. The number of nitrogens with zero attached hydrogens (tertiary/aromatic N) is 3. The van der Waals surface area contributed by atoms with E-state index in [0.29, 0.717) is 24.1 Å². The zero-order valence-corrected chi connectivity index (χ0v) is 17.6. The maximum atomic E-state index is 13.5. The van der Waals surface area contributed by atoms with Crippen LogP contribution in [0.2, 0.25) is 0 Å². The van der Waals surface area contributed by atoms with E-state index >= 15 is 0 Å². The van der Waals surface area contributed by atoms with Crippen molar-refractivity contribution in [3.63, 3.8) is 0 Å². The number of ketones is 1. The minimum Gasteiger partial charge on any atom is -0.508 e. The van der Waals surface area contributed by atoms with Crippen molar-refractivity contribution in [3.8, 4) is 5.75 Å². The van der Waals surface area contributed by atoms with E-state index in [1.165, 1.54) is 17.0 Å². The van der Waals surface area contributed by atoms with Gasteiger partial charge in [0.25, 0.3) is 5.91 Å². The summed E-state index contributed by atoms with van der Waals surface area (Å²) < 4.78 is 7.60. The van der Waals surface area contributed by atoms with E-state index in [-0.39, 0.29) is 23.6 Å². The molecule has 4 aromatic rings. The number of para-hydroxylation sites is 1. The predicted octanol–water partition coefficient (Wildman–Crippen LogP) is 4.00. The molecule has 2 aromatic carbocycles. The Morgan fingerprint density at radius 3 is 2.67 bits per heavy atom. The molecule has 0 bridgehead atoms. The molecule has 5 rings (SSSR count). The second kappa shape index (κ2) is 8.31. The van der Waals surface area contributed by atoms with Gasteiger partial charge in [-0.05, 0) is 36.2 Å². The molecule has 0 saturated heterocycles. The number of rotatable bonds is 7. The van der Waals surface area contributed by atoms with Crippen molar-refractivity contribution in [1.82, 2.24) is 14.5 Å². The number of hydrogen-bond donors (Lipinski definition) is 2. The van der Waals surface area contributed by atoms with Crippen LogP contribution in [0.3, 0.4) is 0 Å². The number of Topliss-reactive ketones (excluding diaryl/α,β-unsaturated/α-hetero) is 1. The number of benzene rings is 2. The third-order valence-electron chi connectivity index (χ3n) is 5.76. The summed E-state index contributed by atoms with van der Waals surface area (Å²) in [4.78, 5) is 32.0. The molecule has 166 valence electrons. The van der Waals surface area contributed by atoms with Gasteiger partial charge in [0.1, 0.15) is 11.3 Å². The number of carbonyl (C=O) groups excluding carboxylic acids is 2. The summed E-state index contributed by atoms with van der Waals surface area (Å²) in [6.07, 6.45) is 5.76. The quantitative estimate of drug-likeness (QED) is 0.418. The first-order chi connectivity index (χ1) is 16.0. The molecule has 1 unspecified atom stereocenters. The number of furan rings is 1. The molecule has 1 aliphatic rings. The average molecular weight is 443 g/mol. The Balaban J connectivity index is 1.51. The van der Waals surface area contributed by atoms with Crippen LogP contribution in [0.4, 0.5) is 0 Å². The van der Waals surface area contributed by atoms with Gasteiger partial charge in [0.2, 0.25) is 5.78 Å². The fraction of sp³-hybridized carbons (Fsp3) is 0.160. The Morgan fingerprint density at radius 1 is 1.06 bits per heavy atom. The lowest BCUT2D eigenvalue weighted by Crippen LogP contribution is -2.32. The van der Waals surface area contributed by atoms with E-state index in [9.17, 15) is 19.8 Å². The zero-order chi connectivity index (χ0) is 22.9. The van der Waals surface area contributed by atoms with Crippen molar-refractivity contribution in [2.24, 2.45) is 0 Å². The van der Waals surface area contributed by atoms with E-state index < -0.39 is 23.5 Å². The van der Waals surface area contributed by atoms with Crippen LogP contribution in [0.25, 0.3) is 11.0 Å². The number of amides is 1. The highest BCUT2D eigenvalue weighted by molar-refractivity contribution is 6.16. The maximum absolute atomic E-state index is 13.5. The highest BCUT2D eigenvalue weighted by Gasteiger charge is 2.44. The van der Waals surface area contributed by atoms with E-state index in [1.54, 1.807) is 42.9 Å². The number of phenolic OH excluding ortho intramolecular Hbond substituents is 1. The van der Waals surface area contributed by atoms with Gasteiger partial charge >= 0.3 is 0 Å². The number of aliphatic hydroxyl groups is 1. The van der Waals surface area contributed by atoms with Crippen LogP contribution in [-0.2, 0) is 11.3 Å². The molecule has 0 fully saturated rings. The number of aryl methyl sites for hydroxylation is 1. The summed E-state index contributed by atoms with van der Waals surface area (Å²) >= 11 is 0. The largest absolute Gasteiger partial charge is 0.508 e. The number of carbonyl (C=O) groups is 2. The summed E-state index contributed by atoms with van der Waals surface area (Å²) in [5, 5.41) is 21.5. The van der Waals surface area contributed by atoms with Gasteiger partial charge in [0.15, 0.2) is 11.5 Å². The van der Waals surface area contributed by atoms with Crippen molar-refractivity contribution in [2.45, 2.75) is 19.0 Å². The molecule has 8 nitrogen and oxygen atoms in total. The molecular weight excluding hydrogens is 422 g/mol. The van der Waals surface area contributed by atoms with Crippen LogP contribution in [-0.4, -0.2) is 42.9 Å². The minimum atomic E-state index is -0.854. The Bertz CT molecular complexity index is 1340. The SMILES string of the molecule is O=C(C1=C(O)C(=O)N(CCCn2ccnc2)C1c1cccc(O)c1)c1cc2ccccc2o1. The topological polar surface area (TPSA) is 109 Å². The highest BCUT2D eigenvalue weighted by atomic mass is 16.3. The molecule has 2 aromatic heterocycles. The fourth-order valence-electron chi connectivity index (χ4n) is 4.23. The molecule has 0 spiro atoms. The molecule has 1 aliphatic heterocycles. The standard InChI is InChI=1S/C25H21N3O5/c29-18-7-3-6-17(13-18)22-21(23(30)20-14-16-5-1-2-8-19(16)33-20)24(31)25(32)28(22)11-4-10-27-12-9-26-15-27/h1-3,5-9,12-15,22,29,31H,4,10-11H2. The van der Waals surface area contributed by atoms with Crippen LogP contribution in [0.15, 0.2) is 89.1 Å². The summed E-state index contributed by atoms with van der Waals surface area (Å²) in [6.45, 7) is 0.905. The van der Waals surface area contributed by atoms with Gasteiger partial charge in [-0.2, -0.15) is 0 Å². The van der Waals surface area contributed by atoms with Crippen molar-refractivity contribution in [3.05, 3.63) is 96.0 Å². The van der Waals surface area contributed by atoms with Gasteiger partial charge in [-0.1, -0.05) is 30.3 Å². The smallest absolute Gasteiger partial charge is 0.290 e. The zero-order valence-electron chi connectivity index (χ0n) is 17.6. The lowest BCUT2D eigenvalue weighted by Gasteiger charge is -2.26. The monoisotopic (exact) mass is 443 g/mol. The lowest BCUT2D eigenvalue weighted by molar-refractivity contribution is -0.129. The molecule has 33 heavy (non-hydrogen) atoms. The van der Waals surface area contributed by atoms with Crippen LogP contribution < -0.4 is 0 Å². The van der Waals surface area contributed by atoms with Gasteiger partial charge in [-0.25, -0.2) is 4.98 Å². The molecule has 0 saturated carbocycles. The minimum absolute atomic E-state index is 0.000223. The second-order valence-corrected chi connectivity index (χ2v) is 7.89. The molecule has 3 heterocycles. The molecular formula is C25H21N3O5. The van der Waals surface area contributed by atoms with Crippen LogP contribution in [0.5, 0.6) is 5.75 Å². The number of aromatic hydroxyl groups is 1. The third kappa shape index (κ3) is 3.76. The highest BCUT2D eigenvalue weighted by Crippen LogP contribution is 2.40. The lowest BCUT2D eigenvalue weighted by atomic mass is 9.94. The first-order valence-corrected chi connectivity index (χ1v) is 10.5.